The van der Waals surface area contributed by atoms with Gasteiger partial charge in [0, 0.05) is 26.2 Å². The van der Waals surface area contributed by atoms with Crippen LogP contribution in [0.15, 0.2) is 0 Å². The molecule has 1 aliphatic heterocycles. The lowest BCUT2D eigenvalue weighted by atomic mass is 10.3. The number of esters is 1. The van der Waals surface area contributed by atoms with Gasteiger partial charge in [-0.25, -0.2) is 0 Å². The fourth-order valence-corrected chi connectivity index (χ4v) is 1.75. The van der Waals surface area contributed by atoms with Crippen molar-refractivity contribution in [2.75, 3.05) is 52.9 Å². The van der Waals surface area contributed by atoms with Crippen LogP contribution in [0.1, 0.15) is 6.92 Å². The first kappa shape index (κ1) is 13.9. The van der Waals surface area contributed by atoms with Crippen molar-refractivity contribution in [1.82, 2.24) is 15.1 Å². The normalized spacial score (nSPS) is 16.9. The molecule has 0 bridgehead atoms. The average molecular weight is 243 g/mol. The van der Waals surface area contributed by atoms with Gasteiger partial charge < -0.3 is 15.0 Å². The van der Waals surface area contributed by atoms with Gasteiger partial charge in [-0.3, -0.25) is 14.5 Å². The van der Waals surface area contributed by atoms with E-state index in [1.165, 1.54) is 7.11 Å². The number of carbonyl (C=O) groups excluding carboxylic acids is 2. The van der Waals surface area contributed by atoms with Crippen molar-refractivity contribution in [3.8, 4) is 0 Å². The van der Waals surface area contributed by atoms with Gasteiger partial charge in [-0.2, -0.15) is 0 Å². The second-order valence-electron chi connectivity index (χ2n) is 4.01. The van der Waals surface area contributed by atoms with Crippen molar-refractivity contribution in [1.29, 1.82) is 0 Å². The van der Waals surface area contributed by atoms with E-state index in [0.717, 1.165) is 19.6 Å². The number of nitrogens with one attached hydrogen (secondary N) is 1. The molecule has 0 atom stereocenters. The predicted octanol–water partition coefficient (Wildman–Crippen LogP) is -1.09. The maximum absolute atomic E-state index is 11.7. The Labute approximate surface area is 102 Å². The number of methoxy groups -OCH3 is 1. The predicted molar refractivity (Wildman–Crippen MR) is 63.6 cm³/mol. The highest BCUT2D eigenvalue weighted by Gasteiger charge is 2.21. The zero-order chi connectivity index (χ0) is 12.7. The van der Waals surface area contributed by atoms with Gasteiger partial charge in [-0.15, -0.1) is 0 Å². The molecular formula is C11H21N3O3. The third-order valence-electron chi connectivity index (χ3n) is 2.83. The summed E-state index contributed by atoms with van der Waals surface area (Å²) in [6.07, 6.45) is 0. The standard InChI is InChI=1S/C11H21N3O3/c1-3-12-8-10(15)14-6-4-13(5-7-14)9-11(16)17-2/h12H,3-9H2,1-2H3. The van der Waals surface area contributed by atoms with E-state index in [1.807, 2.05) is 16.7 Å². The maximum Gasteiger partial charge on any atom is 0.319 e. The van der Waals surface area contributed by atoms with E-state index in [-0.39, 0.29) is 11.9 Å². The van der Waals surface area contributed by atoms with Crippen LogP contribution in [0, 0.1) is 0 Å². The van der Waals surface area contributed by atoms with Crippen molar-refractivity contribution >= 4 is 11.9 Å². The fourth-order valence-electron chi connectivity index (χ4n) is 1.75. The molecule has 6 nitrogen and oxygen atoms in total. The van der Waals surface area contributed by atoms with Crippen LogP contribution in [-0.2, 0) is 14.3 Å². The lowest BCUT2D eigenvalue weighted by molar-refractivity contribution is -0.142. The van der Waals surface area contributed by atoms with Crippen LogP contribution >= 0.6 is 0 Å². The molecule has 98 valence electrons. The molecule has 0 radical (unpaired) electrons. The molecular weight excluding hydrogens is 222 g/mol. The highest BCUT2D eigenvalue weighted by atomic mass is 16.5. The number of likely N-dealkylation sites (N-methyl/N-ethyl adjacent to an activating group) is 1. The summed E-state index contributed by atoms with van der Waals surface area (Å²) < 4.78 is 4.61. The van der Waals surface area contributed by atoms with Gasteiger partial charge in [-0.05, 0) is 6.54 Å². The first-order valence-electron chi connectivity index (χ1n) is 5.95. The van der Waals surface area contributed by atoms with Crippen LogP contribution in [0.5, 0.6) is 0 Å². The van der Waals surface area contributed by atoms with Gasteiger partial charge in [0.25, 0.3) is 0 Å². The zero-order valence-electron chi connectivity index (χ0n) is 10.6. The Morgan fingerprint density at radius 1 is 1.24 bits per heavy atom. The number of piperazine rings is 1. The molecule has 1 rings (SSSR count). The van der Waals surface area contributed by atoms with Crippen LogP contribution in [0.25, 0.3) is 0 Å². The number of carbonyl (C=O) groups is 2. The Bertz CT molecular complexity index is 263. The number of hydrogen-bond acceptors (Lipinski definition) is 5. The molecule has 0 aromatic rings. The van der Waals surface area contributed by atoms with Crippen molar-refractivity contribution in [2.45, 2.75) is 6.92 Å². The van der Waals surface area contributed by atoms with E-state index in [9.17, 15) is 9.59 Å². The summed E-state index contributed by atoms with van der Waals surface area (Å²) in [5.74, 6) is -0.0954. The molecule has 1 fully saturated rings. The molecule has 6 heteroatoms. The maximum atomic E-state index is 11.7. The highest BCUT2D eigenvalue weighted by Crippen LogP contribution is 2.01. The monoisotopic (exact) mass is 243 g/mol. The second kappa shape index (κ2) is 7.24. The summed E-state index contributed by atoms with van der Waals surface area (Å²) in [5.41, 5.74) is 0. The molecule has 1 aliphatic rings. The topological polar surface area (TPSA) is 61.9 Å². The van der Waals surface area contributed by atoms with Crippen LogP contribution in [0.4, 0.5) is 0 Å². The van der Waals surface area contributed by atoms with Crippen molar-refractivity contribution < 1.29 is 14.3 Å². The highest BCUT2D eigenvalue weighted by molar-refractivity contribution is 5.78. The minimum atomic E-state index is -0.225. The summed E-state index contributed by atoms with van der Waals surface area (Å²) in [5, 5.41) is 3.02. The molecule has 1 amide bonds. The number of ether oxygens (including phenoxy) is 1. The smallest absolute Gasteiger partial charge is 0.319 e. The largest absolute Gasteiger partial charge is 0.468 e. The quantitative estimate of drug-likeness (QED) is 0.622. The van der Waals surface area contributed by atoms with E-state index in [1.54, 1.807) is 0 Å². The molecule has 0 saturated carbocycles. The van der Waals surface area contributed by atoms with E-state index in [0.29, 0.717) is 26.2 Å². The van der Waals surface area contributed by atoms with Crippen molar-refractivity contribution in [3.05, 3.63) is 0 Å². The Balaban J connectivity index is 2.25. The average Bonchev–Trinajstić information content (AvgIpc) is 2.36. The minimum Gasteiger partial charge on any atom is -0.468 e. The van der Waals surface area contributed by atoms with Crippen molar-refractivity contribution in [2.24, 2.45) is 0 Å². The first-order chi connectivity index (χ1) is 8.17. The zero-order valence-corrected chi connectivity index (χ0v) is 10.6. The number of rotatable bonds is 5. The molecule has 1 N–H and O–H groups in total. The van der Waals surface area contributed by atoms with Crippen LogP contribution in [-0.4, -0.2) is 74.6 Å². The third-order valence-corrected chi connectivity index (χ3v) is 2.83. The van der Waals surface area contributed by atoms with Gasteiger partial charge >= 0.3 is 5.97 Å². The molecule has 1 saturated heterocycles. The Morgan fingerprint density at radius 2 is 1.88 bits per heavy atom. The molecule has 17 heavy (non-hydrogen) atoms. The lowest BCUT2D eigenvalue weighted by Crippen LogP contribution is -2.51. The SMILES string of the molecule is CCNCC(=O)N1CCN(CC(=O)OC)CC1. The summed E-state index contributed by atoms with van der Waals surface area (Å²) in [7, 11) is 1.39. The molecule has 1 heterocycles. The van der Waals surface area contributed by atoms with Gasteiger partial charge in [0.1, 0.15) is 0 Å². The van der Waals surface area contributed by atoms with Gasteiger partial charge in [0.2, 0.25) is 5.91 Å². The van der Waals surface area contributed by atoms with Crippen LogP contribution < -0.4 is 5.32 Å². The number of amides is 1. The molecule has 0 aromatic heterocycles. The minimum absolute atomic E-state index is 0.129. The molecule has 0 unspecified atom stereocenters. The van der Waals surface area contributed by atoms with Gasteiger partial charge in [0.05, 0.1) is 20.2 Å². The summed E-state index contributed by atoms with van der Waals surface area (Å²) in [4.78, 5) is 26.6. The first-order valence-corrected chi connectivity index (χ1v) is 5.95. The van der Waals surface area contributed by atoms with E-state index in [2.05, 4.69) is 10.1 Å². The summed E-state index contributed by atoms with van der Waals surface area (Å²) in [6, 6.07) is 0. The van der Waals surface area contributed by atoms with Crippen LogP contribution in [0.2, 0.25) is 0 Å². The van der Waals surface area contributed by atoms with Gasteiger partial charge in [-0.1, -0.05) is 6.92 Å². The third kappa shape index (κ3) is 4.70. The Hall–Kier alpha value is -1.14. The van der Waals surface area contributed by atoms with Crippen LogP contribution in [0.3, 0.4) is 0 Å². The van der Waals surface area contributed by atoms with E-state index in [4.69, 9.17) is 0 Å². The van der Waals surface area contributed by atoms with Gasteiger partial charge in [0.15, 0.2) is 0 Å². The number of nitrogens with zero attached hydrogens (tertiary/aromatic N) is 2. The fraction of sp³-hybridized carbons (Fsp3) is 0.818. The molecule has 0 aromatic carbocycles. The van der Waals surface area contributed by atoms with E-state index >= 15 is 0 Å². The molecule has 0 aliphatic carbocycles. The number of hydrogen-bond donors (Lipinski definition) is 1. The lowest BCUT2D eigenvalue weighted by Gasteiger charge is -2.34. The summed E-state index contributed by atoms with van der Waals surface area (Å²) >= 11 is 0. The Kier molecular flexibility index (Phi) is 5.93. The van der Waals surface area contributed by atoms with Crippen molar-refractivity contribution in [3.63, 3.8) is 0 Å². The summed E-state index contributed by atoms with van der Waals surface area (Å²) in [6.45, 7) is 6.30. The van der Waals surface area contributed by atoms with E-state index < -0.39 is 0 Å². The second-order valence-corrected chi connectivity index (χ2v) is 4.01. The Morgan fingerprint density at radius 3 is 2.41 bits per heavy atom. The molecule has 0 spiro atoms.